The number of benzene rings is 2. The van der Waals surface area contributed by atoms with Crippen molar-refractivity contribution in [2.75, 3.05) is 10.6 Å². The van der Waals surface area contributed by atoms with E-state index in [0.29, 0.717) is 22.5 Å². The Morgan fingerprint density at radius 1 is 0.867 bits per heavy atom. The average Bonchev–Trinajstić information content (AvgIpc) is 3.31. The number of pyridine rings is 1. The summed E-state index contributed by atoms with van der Waals surface area (Å²) in [5.74, 6) is -0.526. The second kappa shape index (κ2) is 8.40. The fraction of sp³-hybridized carbons (Fsp3) is 0.0435. The fourth-order valence-electron chi connectivity index (χ4n) is 2.98. The van der Waals surface area contributed by atoms with Gasteiger partial charge in [-0.3, -0.25) is 14.6 Å². The Morgan fingerprint density at radius 2 is 1.67 bits per heavy atom. The maximum Gasteiger partial charge on any atom is 0.255 e. The van der Waals surface area contributed by atoms with Gasteiger partial charge in [0.05, 0.1) is 18.2 Å². The molecule has 2 amide bonds. The number of imidazole rings is 1. The molecule has 7 nitrogen and oxygen atoms in total. The minimum atomic E-state index is -0.267. The highest BCUT2D eigenvalue weighted by Crippen LogP contribution is 2.22. The third kappa shape index (κ3) is 4.25. The Labute approximate surface area is 173 Å². The lowest BCUT2D eigenvalue weighted by molar-refractivity contribution is 0.101. The molecule has 0 saturated carbocycles. The van der Waals surface area contributed by atoms with Crippen molar-refractivity contribution >= 4 is 23.2 Å². The molecule has 0 fully saturated rings. The van der Waals surface area contributed by atoms with E-state index in [2.05, 4.69) is 25.6 Å². The van der Waals surface area contributed by atoms with Crippen molar-refractivity contribution in [2.45, 2.75) is 6.92 Å². The molecule has 2 aromatic heterocycles. The van der Waals surface area contributed by atoms with E-state index in [9.17, 15) is 9.59 Å². The molecule has 0 aliphatic heterocycles. The third-order valence-electron chi connectivity index (χ3n) is 4.62. The number of aromatic amines is 1. The largest absolute Gasteiger partial charge is 0.345 e. The van der Waals surface area contributed by atoms with Crippen LogP contribution in [0.4, 0.5) is 11.4 Å². The van der Waals surface area contributed by atoms with Crippen LogP contribution in [0.1, 0.15) is 26.3 Å². The number of aryl methyl sites for hydroxylation is 1. The number of rotatable bonds is 5. The van der Waals surface area contributed by atoms with Crippen molar-refractivity contribution in [2.24, 2.45) is 0 Å². The van der Waals surface area contributed by atoms with E-state index in [0.717, 1.165) is 16.8 Å². The Kier molecular flexibility index (Phi) is 5.34. The van der Waals surface area contributed by atoms with E-state index < -0.39 is 0 Å². The maximum absolute atomic E-state index is 12.8. The van der Waals surface area contributed by atoms with Crippen molar-refractivity contribution < 1.29 is 9.59 Å². The Morgan fingerprint density at radius 3 is 2.43 bits per heavy atom. The lowest BCUT2D eigenvalue weighted by atomic mass is 10.1. The second-order valence-corrected chi connectivity index (χ2v) is 6.72. The molecular formula is C23H19N5O2. The third-order valence-corrected chi connectivity index (χ3v) is 4.62. The molecule has 0 spiro atoms. The summed E-state index contributed by atoms with van der Waals surface area (Å²) in [5, 5.41) is 5.75. The molecule has 0 radical (unpaired) electrons. The number of nitrogens with zero attached hydrogens (tertiary/aromatic N) is 2. The van der Waals surface area contributed by atoms with Crippen LogP contribution in [0, 0.1) is 6.92 Å². The van der Waals surface area contributed by atoms with Gasteiger partial charge >= 0.3 is 0 Å². The summed E-state index contributed by atoms with van der Waals surface area (Å²) in [7, 11) is 0. The topological polar surface area (TPSA) is 99.8 Å². The first kappa shape index (κ1) is 19.1. The van der Waals surface area contributed by atoms with Gasteiger partial charge in [0.2, 0.25) is 0 Å². The zero-order valence-corrected chi connectivity index (χ0v) is 16.2. The summed E-state index contributed by atoms with van der Waals surface area (Å²) in [5.41, 5.74) is 4.82. The number of hydrogen-bond donors (Lipinski definition) is 3. The summed E-state index contributed by atoms with van der Waals surface area (Å²) in [6.45, 7) is 1.87. The van der Waals surface area contributed by atoms with Crippen molar-refractivity contribution in [1.82, 2.24) is 15.0 Å². The predicted octanol–water partition coefficient (Wildman–Crippen LogP) is 4.28. The van der Waals surface area contributed by atoms with Crippen LogP contribution < -0.4 is 10.6 Å². The molecule has 7 heteroatoms. The second-order valence-electron chi connectivity index (χ2n) is 6.72. The molecule has 0 saturated heterocycles. The summed E-state index contributed by atoms with van der Waals surface area (Å²) in [4.78, 5) is 36.2. The number of H-pyrrole nitrogens is 1. The zero-order chi connectivity index (χ0) is 20.9. The van der Waals surface area contributed by atoms with Crippen molar-refractivity contribution in [1.29, 1.82) is 0 Å². The normalized spacial score (nSPS) is 10.4. The minimum Gasteiger partial charge on any atom is -0.345 e. The average molecular weight is 397 g/mol. The molecule has 3 N–H and O–H groups in total. The summed E-state index contributed by atoms with van der Waals surface area (Å²) in [6.07, 6.45) is 6.44. The molecule has 4 rings (SSSR count). The van der Waals surface area contributed by atoms with Gasteiger partial charge in [0.25, 0.3) is 11.8 Å². The van der Waals surface area contributed by atoms with Crippen molar-refractivity contribution in [3.63, 3.8) is 0 Å². The molecule has 0 aliphatic rings. The number of aromatic nitrogens is 3. The number of anilines is 2. The summed E-state index contributed by atoms with van der Waals surface area (Å²) < 4.78 is 0. The number of carbonyl (C=O) groups is 2. The number of amides is 2. The van der Waals surface area contributed by atoms with Crippen LogP contribution in [0.25, 0.3) is 11.3 Å². The van der Waals surface area contributed by atoms with Gasteiger partial charge in [0.1, 0.15) is 0 Å². The highest BCUT2D eigenvalue weighted by Gasteiger charge is 2.12. The molecule has 30 heavy (non-hydrogen) atoms. The molecule has 0 bridgehead atoms. The van der Waals surface area contributed by atoms with Crippen LogP contribution in [0.3, 0.4) is 0 Å². The number of hydrogen-bond acceptors (Lipinski definition) is 4. The van der Waals surface area contributed by atoms with Gasteiger partial charge in [-0.25, -0.2) is 4.98 Å². The first-order chi connectivity index (χ1) is 14.6. The Hall–Kier alpha value is -4.26. The van der Waals surface area contributed by atoms with Crippen molar-refractivity contribution in [3.8, 4) is 11.3 Å². The first-order valence-corrected chi connectivity index (χ1v) is 9.32. The van der Waals surface area contributed by atoms with Gasteiger partial charge in [0, 0.05) is 40.5 Å². The minimum absolute atomic E-state index is 0.259. The van der Waals surface area contributed by atoms with E-state index in [1.807, 2.05) is 31.2 Å². The van der Waals surface area contributed by atoms with Gasteiger partial charge in [0.15, 0.2) is 0 Å². The van der Waals surface area contributed by atoms with Gasteiger partial charge in [-0.05, 0) is 48.9 Å². The number of carbonyl (C=O) groups excluding carboxylic acids is 2. The van der Waals surface area contributed by atoms with Crippen molar-refractivity contribution in [3.05, 3.63) is 96.2 Å². The van der Waals surface area contributed by atoms with Crippen LogP contribution in [0.5, 0.6) is 0 Å². The standard InChI is InChI=1S/C23H19N5O2/c1-15-5-6-18(12-20(15)28-22(29)16-7-9-24-10-8-16)23(30)27-19-4-2-3-17(11-19)21-13-25-14-26-21/h2-14H,1H3,(H,25,26)(H,27,30)(H,28,29). The van der Waals surface area contributed by atoms with E-state index in [1.54, 1.807) is 55.2 Å². The molecule has 0 unspecified atom stereocenters. The zero-order valence-electron chi connectivity index (χ0n) is 16.2. The quantitative estimate of drug-likeness (QED) is 0.468. The highest BCUT2D eigenvalue weighted by atomic mass is 16.2. The highest BCUT2D eigenvalue weighted by molar-refractivity contribution is 6.07. The smallest absolute Gasteiger partial charge is 0.255 e. The van der Waals surface area contributed by atoms with E-state index in [-0.39, 0.29) is 11.8 Å². The van der Waals surface area contributed by atoms with Gasteiger partial charge in [-0.2, -0.15) is 0 Å². The van der Waals surface area contributed by atoms with Gasteiger partial charge < -0.3 is 15.6 Å². The molecule has 2 heterocycles. The van der Waals surface area contributed by atoms with E-state index in [4.69, 9.17) is 0 Å². The van der Waals surface area contributed by atoms with Crippen LogP contribution in [0.2, 0.25) is 0 Å². The van der Waals surface area contributed by atoms with Gasteiger partial charge in [-0.15, -0.1) is 0 Å². The van der Waals surface area contributed by atoms with Crippen LogP contribution in [0.15, 0.2) is 79.5 Å². The van der Waals surface area contributed by atoms with E-state index >= 15 is 0 Å². The van der Waals surface area contributed by atoms with Crippen LogP contribution in [-0.2, 0) is 0 Å². The predicted molar refractivity (Wildman–Crippen MR) is 115 cm³/mol. The SMILES string of the molecule is Cc1ccc(C(=O)Nc2cccc(-c3cnc[nH]3)c2)cc1NC(=O)c1ccncc1. The molecule has 0 aliphatic carbocycles. The molecular weight excluding hydrogens is 378 g/mol. The van der Waals surface area contributed by atoms with Crippen LogP contribution in [-0.4, -0.2) is 26.8 Å². The molecule has 4 aromatic rings. The summed E-state index contributed by atoms with van der Waals surface area (Å²) in [6, 6.07) is 15.9. The number of nitrogens with one attached hydrogen (secondary N) is 3. The Bertz CT molecular complexity index is 1190. The van der Waals surface area contributed by atoms with Gasteiger partial charge in [-0.1, -0.05) is 18.2 Å². The lowest BCUT2D eigenvalue weighted by Crippen LogP contribution is -2.15. The molecule has 0 atom stereocenters. The fourth-order valence-corrected chi connectivity index (χ4v) is 2.98. The lowest BCUT2D eigenvalue weighted by Gasteiger charge is -2.11. The monoisotopic (exact) mass is 397 g/mol. The maximum atomic E-state index is 12.8. The molecule has 2 aromatic carbocycles. The Balaban J connectivity index is 1.52. The molecule has 148 valence electrons. The summed E-state index contributed by atoms with van der Waals surface area (Å²) >= 11 is 0. The first-order valence-electron chi connectivity index (χ1n) is 9.32. The van der Waals surface area contributed by atoms with Crippen LogP contribution >= 0.6 is 0 Å². The van der Waals surface area contributed by atoms with E-state index in [1.165, 1.54) is 0 Å².